The lowest BCUT2D eigenvalue weighted by Crippen LogP contribution is -2.21. The van der Waals surface area contributed by atoms with E-state index < -0.39 is 0 Å². The van der Waals surface area contributed by atoms with E-state index in [9.17, 15) is 0 Å². The van der Waals surface area contributed by atoms with Crippen LogP contribution in [0.15, 0.2) is 53.9 Å². The van der Waals surface area contributed by atoms with Crippen molar-refractivity contribution < 1.29 is 0 Å². The zero-order chi connectivity index (χ0) is 13.9. The largest absolute Gasteiger partial charge is 0.324 e. The van der Waals surface area contributed by atoms with Crippen LogP contribution in [0.4, 0.5) is 0 Å². The lowest BCUT2D eigenvalue weighted by molar-refractivity contribution is 0.738. The zero-order valence-electron chi connectivity index (χ0n) is 12.1. The molecule has 0 amide bonds. The van der Waals surface area contributed by atoms with E-state index in [1.54, 1.807) is 0 Å². The Bertz CT molecular complexity index is 468. The van der Waals surface area contributed by atoms with E-state index in [2.05, 4.69) is 69.3 Å². The summed E-state index contributed by atoms with van der Waals surface area (Å²) in [5, 5.41) is 3.12. The predicted molar refractivity (Wildman–Crippen MR) is 87.2 cm³/mol. The highest BCUT2D eigenvalue weighted by molar-refractivity contribution is 7.71. The Morgan fingerprint density at radius 2 is 1.84 bits per heavy atom. The molecule has 2 atom stereocenters. The molecule has 2 unspecified atom stereocenters. The number of nitrogens with two attached hydrogens (primary N) is 1. The maximum atomic E-state index is 6.18. The van der Waals surface area contributed by atoms with Crippen LogP contribution >= 0.6 is 7.92 Å². The van der Waals surface area contributed by atoms with E-state index in [0.29, 0.717) is 0 Å². The van der Waals surface area contributed by atoms with Crippen molar-refractivity contribution in [3.8, 4) is 0 Å². The van der Waals surface area contributed by atoms with Crippen molar-refractivity contribution in [3.05, 3.63) is 53.9 Å². The van der Waals surface area contributed by atoms with Crippen molar-refractivity contribution in [2.24, 2.45) is 5.73 Å². The number of rotatable bonds is 2. The minimum atomic E-state index is -0.364. The first kappa shape index (κ1) is 14.5. The van der Waals surface area contributed by atoms with Crippen LogP contribution in [-0.2, 0) is 0 Å². The van der Waals surface area contributed by atoms with Crippen molar-refractivity contribution in [1.82, 2.24) is 0 Å². The number of hydrogen-bond donors (Lipinski definition) is 1. The van der Waals surface area contributed by atoms with Crippen LogP contribution in [0.1, 0.15) is 33.6 Å². The maximum Gasteiger partial charge on any atom is 0.0235 e. The fourth-order valence-electron chi connectivity index (χ4n) is 2.50. The Labute approximate surface area is 118 Å². The second-order valence-corrected chi connectivity index (χ2v) is 9.12. The molecule has 0 spiro atoms. The highest BCUT2D eigenvalue weighted by Gasteiger charge is 2.28. The van der Waals surface area contributed by atoms with Gasteiger partial charge in [-0.25, -0.2) is 0 Å². The van der Waals surface area contributed by atoms with Crippen LogP contribution < -0.4 is 11.0 Å². The predicted octanol–water partition coefficient (Wildman–Crippen LogP) is 4.15. The summed E-state index contributed by atoms with van der Waals surface area (Å²) in [4.78, 5) is 0. The third kappa shape index (κ3) is 3.78. The summed E-state index contributed by atoms with van der Waals surface area (Å²) in [6.45, 7) is 6.99. The van der Waals surface area contributed by atoms with Crippen molar-refractivity contribution in [1.29, 1.82) is 0 Å². The summed E-state index contributed by atoms with van der Waals surface area (Å²) in [7, 11) is -0.364. The fourth-order valence-corrected chi connectivity index (χ4v) is 5.41. The molecule has 2 N–H and O–H groups in total. The monoisotopic (exact) mass is 273 g/mol. The van der Waals surface area contributed by atoms with E-state index >= 15 is 0 Å². The Balaban J connectivity index is 2.44. The van der Waals surface area contributed by atoms with Gasteiger partial charge in [-0.3, -0.25) is 0 Å². The van der Waals surface area contributed by atoms with Crippen LogP contribution in [0.2, 0.25) is 0 Å². The van der Waals surface area contributed by atoms with E-state index in [-0.39, 0.29) is 19.1 Å². The fraction of sp³-hybridized carbons (Fsp3) is 0.412. The molecular formula is C17H24NP. The molecule has 1 aliphatic carbocycles. The lowest BCUT2D eigenvalue weighted by atomic mass is 10.2. The summed E-state index contributed by atoms with van der Waals surface area (Å²) >= 11 is 0. The van der Waals surface area contributed by atoms with Crippen molar-refractivity contribution in [2.75, 3.05) is 0 Å². The van der Waals surface area contributed by atoms with Gasteiger partial charge in [0.25, 0.3) is 0 Å². The van der Waals surface area contributed by atoms with E-state index in [4.69, 9.17) is 5.73 Å². The van der Waals surface area contributed by atoms with Gasteiger partial charge in [-0.2, -0.15) is 0 Å². The first-order chi connectivity index (χ1) is 8.98. The van der Waals surface area contributed by atoms with Crippen LogP contribution in [-0.4, -0.2) is 11.2 Å². The van der Waals surface area contributed by atoms with Gasteiger partial charge in [-0.05, 0) is 36.5 Å². The van der Waals surface area contributed by atoms with Gasteiger partial charge >= 0.3 is 0 Å². The minimum absolute atomic E-state index is 0.195. The van der Waals surface area contributed by atoms with E-state index in [0.717, 1.165) is 12.8 Å². The van der Waals surface area contributed by atoms with Crippen molar-refractivity contribution in [3.63, 3.8) is 0 Å². The summed E-state index contributed by atoms with van der Waals surface area (Å²) < 4.78 is 0. The summed E-state index contributed by atoms with van der Waals surface area (Å²) in [6, 6.07) is 11.1. The molecule has 0 heterocycles. The van der Waals surface area contributed by atoms with Crippen molar-refractivity contribution in [2.45, 2.75) is 44.8 Å². The first-order valence-corrected chi connectivity index (χ1v) is 8.32. The standard InChI is InChI=1S/C17H24NP/c1-17(2,3)19(15-10-5-4-6-11-15)16-12-8-7-9-14(18)13-16/h4-6,8,10-14H,7,9,18H2,1-3H3. The van der Waals surface area contributed by atoms with E-state index in [1.165, 1.54) is 10.6 Å². The maximum absolute atomic E-state index is 6.18. The van der Waals surface area contributed by atoms with Crippen LogP contribution in [0.3, 0.4) is 0 Å². The van der Waals surface area contributed by atoms with E-state index in [1.807, 2.05) is 0 Å². The molecule has 102 valence electrons. The van der Waals surface area contributed by atoms with Gasteiger partial charge in [-0.15, -0.1) is 0 Å². The molecule has 1 aromatic carbocycles. The number of allylic oxidation sites excluding steroid dienone is 3. The molecule has 2 heteroatoms. The van der Waals surface area contributed by atoms with Gasteiger partial charge in [0.1, 0.15) is 0 Å². The Morgan fingerprint density at radius 3 is 2.47 bits per heavy atom. The number of hydrogen-bond acceptors (Lipinski definition) is 1. The van der Waals surface area contributed by atoms with Crippen molar-refractivity contribution >= 4 is 13.2 Å². The highest BCUT2D eigenvalue weighted by atomic mass is 31.1. The molecule has 0 bridgehead atoms. The van der Waals surface area contributed by atoms with Crippen LogP contribution in [0.25, 0.3) is 0 Å². The molecule has 19 heavy (non-hydrogen) atoms. The second kappa shape index (κ2) is 6.03. The van der Waals surface area contributed by atoms with Crippen LogP contribution in [0.5, 0.6) is 0 Å². The summed E-state index contributed by atoms with van der Waals surface area (Å²) in [5.74, 6) is 0. The van der Waals surface area contributed by atoms with Gasteiger partial charge in [0.15, 0.2) is 0 Å². The Hall–Kier alpha value is -0.910. The third-order valence-corrected chi connectivity index (χ3v) is 6.25. The minimum Gasteiger partial charge on any atom is -0.324 e. The molecule has 0 aromatic heterocycles. The van der Waals surface area contributed by atoms with Crippen LogP contribution in [0, 0.1) is 0 Å². The molecule has 1 nitrogen and oxygen atoms in total. The molecule has 2 rings (SSSR count). The lowest BCUT2D eigenvalue weighted by Gasteiger charge is -2.33. The van der Waals surface area contributed by atoms with Gasteiger partial charge in [0.2, 0.25) is 0 Å². The zero-order valence-corrected chi connectivity index (χ0v) is 13.0. The average Bonchev–Trinajstić information content (AvgIpc) is 2.54. The molecular weight excluding hydrogens is 249 g/mol. The van der Waals surface area contributed by atoms with Gasteiger partial charge in [0, 0.05) is 6.04 Å². The molecule has 0 fully saturated rings. The molecule has 1 aliphatic rings. The quantitative estimate of drug-likeness (QED) is 0.805. The highest BCUT2D eigenvalue weighted by Crippen LogP contribution is 2.55. The first-order valence-electron chi connectivity index (χ1n) is 6.98. The smallest absolute Gasteiger partial charge is 0.0235 e. The van der Waals surface area contributed by atoms with Gasteiger partial charge in [-0.1, -0.05) is 69.3 Å². The van der Waals surface area contributed by atoms with Gasteiger partial charge < -0.3 is 5.73 Å². The molecule has 1 aromatic rings. The summed E-state index contributed by atoms with van der Waals surface area (Å²) in [6.07, 6.45) is 9.01. The molecule has 0 saturated carbocycles. The molecule has 0 aliphatic heterocycles. The Kier molecular flexibility index (Phi) is 4.60. The topological polar surface area (TPSA) is 26.0 Å². The SMILES string of the molecule is CC(C)(C)P(C1=CC(N)CCC=C1)c1ccccc1. The normalized spacial score (nSPS) is 21.7. The van der Waals surface area contributed by atoms with Gasteiger partial charge in [0.05, 0.1) is 0 Å². The number of benzene rings is 1. The molecule has 0 saturated heterocycles. The Morgan fingerprint density at radius 1 is 1.16 bits per heavy atom. The second-order valence-electron chi connectivity index (χ2n) is 6.08. The molecule has 0 radical (unpaired) electrons. The summed E-state index contributed by atoms with van der Waals surface area (Å²) in [5.41, 5.74) is 6.18. The average molecular weight is 273 g/mol. The third-order valence-electron chi connectivity index (χ3n) is 3.28.